The maximum atomic E-state index is 17.6. The normalized spacial score (nSPS) is 17.2. The molecule has 5 aromatic rings. The van der Waals surface area contributed by atoms with E-state index in [-0.39, 0.29) is 44.9 Å². The topological polar surface area (TPSA) is 188 Å². The number of hydrogen-bond acceptors (Lipinski definition) is 13. The molecule has 2 N–H and O–H groups in total. The van der Waals surface area contributed by atoms with Crippen molar-refractivity contribution in [2.24, 2.45) is 0 Å². The first kappa shape index (κ1) is 42.3. The zero-order valence-electron chi connectivity index (χ0n) is 33.4. The van der Waals surface area contributed by atoms with Gasteiger partial charge in [0.1, 0.15) is 39.3 Å². The van der Waals surface area contributed by atoms with Crippen LogP contribution >= 0.6 is 34.4 Å². The highest BCUT2D eigenvalue weighted by atomic mass is 32.3. The summed E-state index contributed by atoms with van der Waals surface area (Å²) in [5.74, 6) is -6.16. The molecule has 2 aromatic heterocycles. The molecule has 0 spiro atoms. The van der Waals surface area contributed by atoms with E-state index in [4.69, 9.17) is 9.57 Å². The number of halogens is 2. The summed E-state index contributed by atoms with van der Waals surface area (Å²) in [6.07, 6.45) is -0.356. The van der Waals surface area contributed by atoms with E-state index in [9.17, 15) is 40.3 Å². The number of imide groups is 1. The maximum absolute atomic E-state index is 17.6. The third kappa shape index (κ3) is 6.34. The van der Waals surface area contributed by atoms with Crippen LogP contribution in [0.2, 0.25) is 0 Å². The van der Waals surface area contributed by atoms with Gasteiger partial charge >= 0.3 is 16.1 Å². The lowest BCUT2D eigenvalue weighted by molar-refractivity contribution is -0.195. The number of benzene rings is 3. The molecule has 21 heteroatoms. The van der Waals surface area contributed by atoms with Gasteiger partial charge in [-0.05, 0) is 55.1 Å². The van der Waals surface area contributed by atoms with Gasteiger partial charge in [-0.3, -0.25) is 18.7 Å². The lowest BCUT2D eigenvalue weighted by atomic mass is 9.83. The van der Waals surface area contributed by atoms with Crippen LogP contribution < -0.4 is 24.8 Å². The molecular formula is C41H34F2N3O11S5+. The molecule has 6 heterocycles. The van der Waals surface area contributed by atoms with Gasteiger partial charge in [-0.2, -0.15) is 16.8 Å². The predicted molar refractivity (Wildman–Crippen MR) is 226 cm³/mol. The summed E-state index contributed by atoms with van der Waals surface area (Å²) in [4.78, 5) is 43.2. The molecule has 1 fully saturated rings. The highest BCUT2D eigenvalue weighted by molar-refractivity contribution is 8.00. The first-order chi connectivity index (χ1) is 28.9. The van der Waals surface area contributed by atoms with Gasteiger partial charge in [-0.25, -0.2) is 18.2 Å². The van der Waals surface area contributed by atoms with Crippen LogP contribution in [-0.4, -0.2) is 68.6 Å². The van der Waals surface area contributed by atoms with Gasteiger partial charge in [-0.15, -0.1) is 39.5 Å². The van der Waals surface area contributed by atoms with Crippen molar-refractivity contribution in [2.75, 3.05) is 24.7 Å². The summed E-state index contributed by atoms with van der Waals surface area (Å²) in [6.45, 7) is 7.78. The number of nitrogens with zero attached hydrogens (tertiary/aromatic N) is 3. The predicted octanol–water partition coefficient (Wildman–Crippen LogP) is 6.02. The fourth-order valence-electron chi connectivity index (χ4n) is 8.35. The van der Waals surface area contributed by atoms with Gasteiger partial charge in [0.25, 0.3) is 21.9 Å². The van der Waals surface area contributed by atoms with Crippen molar-refractivity contribution in [3.63, 3.8) is 0 Å². The van der Waals surface area contributed by atoms with E-state index in [0.29, 0.717) is 55.5 Å². The smallest absolute Gasteiger partial charge is 0.343 e. The Bertz CT molecular complexity index is 3270. The van der Waals surface area contributed by atoms with Crippen LogP contribution in [0.15, 0.2) is 61.8 Å². The van der Waals surface area contributed by atoms with Crippen molar-refractivity contribution < 1.29 is 58.7 Å². The van der Waals surface area contributed by atoms with E-state index >= 15 is 8.78 Å². The molecule has 3 aromatic carbocycles. The first-order valence-electron chi connectivity index (χ1n) is 18.7. The summed E-state index contributed by atoms with van der Waals surface area (Å²) < 4.78 is 114. The Morgan fingerprint density at radius 2 is 1.61 bits per heavy atom. The van der Waals surface area contributed by atoms with Gasteiger partial charge in [0, 0.05) is 88.3 Å². The number of ether oxygens (including phenoxy) is 1. The molecule has 2 amide bonds. The molecule has 4 aliphatic heterocycles. The molecule has 4 aliphatic rings. The number of thioether (sulfide) groups is 1. The number of fused-ring (bicyclic) bond motifs is 8. The fourth-order valence-corrected chi connectivity index (χ4v) is 12.9. The molecule has 0 aliphatic carbocycles. The van der Waals surface area contributed by atoms with Gasteiger partial charge in [0.05, 0.1) is 27.8 Å². The van der Waals surface area contributed by atoms with Crippen LogP contribution in [0.1, 0.15) is 62.8 Å². The van der Waals surface area contributed by atoms with Gasteiger partial charge in [0.2, 0.25) is 5.36 Å². The molecule has 0 radical (unpaired) electrons. The van der Waals surface area contributed by atoms with Crippen molar-refractivity contribution in [2.45, 2.75) is 65.6 Å². The molecule has 0 atom stereocenters. The molecule has 0 saturated carbocycles. The second-order valence-corrected chi connectivity index (χ2v) is 22.1. The summed E-state index contributed by atoms with van der Waals surface area (Å²) in [6, 6.07) is 10.4. The third-order valence-electron chi connectivity index (χ3n) is 12.0. The number of hydroxylamine groups is 2. The SMILES string of the molecule is CN1c2cc3c(cc2-c2sccc2C1(C)C)C(c1c(F)c(SCC(=O)ON2C(=O)CCC2=O)cc(F)c1S(=O)(=O)O)=c1cc2c(cc1O3)=[N+](C)C(C)(C)c1cc(S(=O)(=O)O)sc1-2. The minimum atomic E-state index is -5.57. The Hall–Kier alpha value is -5.03. The number of amides is 2. The molecule has 14 nitrogen and oxygen atoms in total. The van der Waals surface area contributed by atoms with E-state index in [2.05, 4.69) is 0 Å². The highest BCUT2D eigenvalue weighted by Crippen LogP contribution is 2.54. The summed E-state index contributed by atoms with van der Waals surface area (Å²) in [5.41, 5.74) is 0.877. The van der Waals surface area contributed by atoms with Crippen LogP contribution in [0.5, 0.6) is 11.5 Å². The molecule has 9 rings (SSSR count). The van der Waals surface area contributed by atoms with Crippen LogP contribution in [0.3, 0.4) is 0 Å². The Kier molecular flexibility index (Phi) is 9.54. The number of anilines is 1. The number of carbonyl (C=O) groups is 3. The van der Waals surface area contributed by atoms with Crippen molar-refractivity contribution in [1.82, 2.24) is 9.64 Å². The number of hydrogen-bond donors (Lipinski definition) is 2. The molecule has 322 valence electrons. The zero-order valence-corrected chi connectivity index (χ0v) is 37.5. The number of carbonyl (C=O) groups excluding carboxylic acids is 3. The second-order valence-electron chi connectivity index (χ2n) is 16.1. The maximum Gasteiger partial charge on any atom is 0.343 e. The lowest BCUT2D eigenvalue weighted by Crippen LogP contribution is -2.46. The van der Waals surface area contributed by atoms with Crippen LogP contribution in [0, 0.1) is 11.6 Å². The minimum Gasteiger partial charge on any atom is -0.456 e. The van der Waals surface area contributed by atoms with E-state index in [1.54, 1.807) is 25.2 Å². The second kappa shape index (κ2) is 14.0. The van der Waals surface area contributed by atoms with Crippen LogP contribution in [-0.2, 0) is 50.5 Å². The standard InChI is InChI=1S/C41H33F2N3O11S5/c1-40(2)22-9-10-58-37(22)18-11-20-27(15-25(18)44(40)5)56-28-16-26-19(38-23(41(3,4)45(26)6)13-33(60-38)61(50,51)52)12-21(28)34(20)35-36(43)29(14-24(42)39(35)62(53,54)55)59-17-32(49)57-46-30(47)7-8-31(46)48/h9-16H,7-8,17H2,1-6H3,(H-,50,51,52,53,54,55)/p+1. The molecule has 0 unspecified atom stereocenters. The molecule has 0 bridgehead atoms. The average Bonchev–Trinajstić information content (AvgIpc) is 3.95. The summed E-state index contributed by atoms with van der Waals surface area (Å²) in [5, 5.41) is 2.77. The first-order valence-corrected chi connectivity index (χ1v) is 24.3. The van der Waals surface area contributed by atoms with E-state index in [1.807, 2.05) is 55.7 Å². The Morgan fingerprint density at radius 1 is 0.919 bits per heavy atom. The Labute approximate surface area is 365 Å². The third-order valence-corrected chi connectivity index (χ3v) is 17.3. The lowest BCUT2D eigenvalue weighted by Gasteiger charge is -2.43. The van der Waals surface area contributed by atoms with Gasteiger partial charge < -0.3 is 14.5 Å². The zero-order chi connectivity index (χ0) is 44.7. The van der Waals surface area contributed by atoms with E-state index in [1.165, 1.54) is 23.5 Å². The molecule has 1 saturated heterocycles. The van der Waals surface area contributed by atoms with Crippen molar-refractivity contribution >= 4 is 83.7 Å². The Balaban J connectivity index is 1.36. The average molecular weight is 943 g/mol. The number of rotatable bonds is 7. The Morgan fingerprint density at radius 3 is 2.27 bits per heavy atom. The fraction of sp³-hybridized carbons (Fsp3) is 0.268. The monoisotopic (exact) mass is 942 g/mol. The summed E-state index contributed by atoms with van der Waals surface area (Å²) >= 11 is 2.63. The minimum absolute atomic E-state index is 0.0313. The van der Waals surface area contributed by atoms with Gasteiger partial charge in [-0.1, -0.05) is 0 Å². The highest BCUT2D eigenvalue weighted by Gasteiger charge is 2.43. The quantitative estimate of drug-likeness (QED) is 0.0820. The van der Waals surface area contributed by atoms with E-state index < -0.39 is 81.8 Å². The van der Waals surface area contributed by atoms with E-state index in [0.717, 1.165) is 21.8 Å². The van der Waals surface area contributed by atoms with Crippen molar-refractivity contribution in [1.29, 1.82) is 0 Å². The number of thiophene rings is 2. The van der Waals surface area contributed by atoms with Crippen LogP contribution in [0.4, 0.5) is 14.5 Å². The summed E-state index contributed by atoms with van der Waals surface area (Å²) in [7, 11) is -6.58. The largest absolute Gasteiger partial charge is 0.456 e. The van der Waals surface area contributed by atoms with Crippen LogP contribution in [0.25, 0.3) is 26.5 Å². The van der Waals surface area contributed by atoms with Crippen molar-refractivity contribution in [3.8, 4) is 32.4 Å². The molecular weight excluding hydrogens is 909 g/mol. The van der Waals surface area contributed by atoms with Gasteiger partial charge in [0.15, 0.2) is 5.54 Å². The van der Waals surface area contributed by atoms with Crippen molar-refractivity contribution in [3.05, 3.63) is 92.3 Å². The molecule has 62 heavy (non-hydrogen) atoms.